The molecule has 3 aromatic carbocycles. The van der Waals surface area contributed by atoms with Gasteiger partial charge in [-0.2, -0.15) is 0 Å². The van der Waals surface area contributed by atoms with E-state index >= 15 is 0 Å². The van der Waals surface area contributed by atoms with Gasteiger partial charge in [-0.15, -0.1) is 11.8 Å². The quantitative estimate of drug-likeness (QED) is 0.588. The number of carbonyl (C=O) groups is 2. The molecule has 1 atom stereocenters. The molecule has 0 bridgehead atoms. The first-order valence-corrected chi connectivity index (χ1v) is 10.6. The topological polar surface area (TPSA) is 49.4 Å². The maximum absolute atomic E-state index is 12.6. The Morgan fingerprint density at radius 3 is 2.66 bits per heavy atom. The first-order chi connectivity index (χ1) is 14.0. The van der Waals surface area contributed by atoms with Crippen molar-refractivity contribution >= 4 is 46.6 Å². The number of aryl methyl sites for hydroxylation is 1. The number of halogens is 1. The Bertz CT molecular complexity index is 1090. The number of thioether (sulfide) groups is 1. The van der Waals surface area contributed by atoms with Crippen molar-refractivity contribution in [2.75, 3.05) is 16.0 Å². The van der Waals surface area contributed by atoms with Crippen LogP contribution in [0.1, 0.15) is 26.9 Å². The minimum Gasteiger partial charge on any atom is -0.322 e. The molecule has 1 N–H and O–H groups in total. The summed E-state index contributed by atoms with van der Waals surface area (Å²) in [5, 5.41) is 3.17. The van der Waals surface area contributed by atoms with Crippen molar-refractivity contribution in [1.82, 2.24) is 0 Å². The van der Waals surface area contributed by atoms with Gasteiger partial charge in [-0.3, -0.25) is 14.5 Å². The molecule has 6 heteroatoms. The zero-order chi connectivity index (χ0) is 20.4. The van der Waals surface area contributed by atoms with E-state index in [9.17, 15) is 9.59 Å². The number of benzene rings is 3. The Hall–Kier alpha value is -2.76. The van der Waals surface area contributed by atoms with E-state index in [0.717, 1.165) is 16.8 Å². The van der Waals surface area contributed by atoms with E-state index in [0.29, 0.717) is 22.0 Å². The molecule has 4 nitrogen and oxygen atoms in total. The first kappa shape index (κ1) is 19.6. The Morgan fingerprint density at radius 1 is 1.07 bits per heavy atom. The smallest absolute Gasteiger partial charge is 0.257 e. The van der Waals surface area contributed by atoms with Crippen molar-refractivity contribution in [2.45, 2.75) is 12.3 Å². The van der Waals surface area contributed by atoms with Crippen LogP contribution in [0.5, 0.6) is 0 Å². The van der Waals surface area contributed by atoms with Crippen LogP contribution in [0.25, 0.3) is 0 Å². The zero-order valence-electron chi connectivity index (χ0n) is 15.8. The largest absolute Gasteiger partial charge is 0.322 e. The number of hydrogen-bond acceptors (Lipinski definition) is 3. The molecule has 0 spiro atoms. The molecule has 1 aliphatic heterocycles. The fourth-order valence-electron chi connectivity index (χ4n) is 3.34. The molecule has 1 unspecified atom stereocenters. The van der Waals surface area contributed by atoms with Crippen LogP contribution in [0.4, 0.5) is 11.4 Å². The number of anilines is 2. The Kier molecular flexibility index (Phi) is 5.60. The van der Waals surface area contributed by atoms with Gasteiger partial charge in [0.05, 0.1) is 16.3 Å². The lowest BCUT2D eigenvalue weighted by molar-refractivity contribution is -0.115. The molecule has 3 aromatic rings. The summed E-state index contributed by atoms with van der Waals surface area (Å²) in [5.74, 6) is 0.240. The first-order valence-electron chi connectivity index (χ1n) is 9.19. The van der Waals surface area contributed by atoms with Crippen molar-refractivity contribution < 1.29 is 9.59 Å². The van der Waals surface area contributed by atoms with Crippen LogP contribution in [0.2, 0.25) is 5.02 Å². The third-order valence-electron chi connectivity index (χ3n) is 4.70. The summed E-state index contributed by atoms with van der Waals surface area (Å²) in [6.07, 6.45) is 0. The van der Waals surface area contributed by atoms with Crippen LogP contribution in [0.15, 0.2) is 72.8 Å². The van der Waals surface area contributed by atoms with Gasteiger partial charge in [-0.25, -0.2) is 0 Å². The summed E-state index contributed by atoms with van der Waals surface area (Å²) in [6, 6.07) is 22.5. The van der Waals surface area contributed by atoms with Crippen molar-refractivity contribution in [3.05, 3.63) is 94.5 Å². The predicted octanol–water partition coefficient (Wildman–Crippen LogP) is 5.68. The van der Waals surface area contributed by atoms with E-state index in [1.165, 1.54) is 0 Å². The molecule has 2 amide bonds. The number of amides is 2. The highest BCUT2D eigenvalue weighted by Gasteiger charge is 2.34. The highest BCUT2D eigenvalue weighted by Crippen LogP contribution is 2.42. The molecule has 1 heterocycles. The maximum Gasteiger partial charge on any atom is 0.257 e. The molecule has 0 saturated carbocycles. The van der Waals surface area contributed by atoms with E-state index in [2.05, 4.69) is 5.32 Å². The van der Waals surface area contributed by atoms with Gasteiger partial charge in [0, 0.05) is 11.4 Å². The molecule has 4 rings (SSSR count). The van der Waals surface area contributed by atoms with Crippen LogP contribution >= 0.6 is 23.4 Å². The molecular formula is C23H19ClN2O2S. The lowest BCUT2D eigenvalue weighted by Crippen LogP contribution is -2.27. The molecule has 146 valence electrons. The van der Waals surface area contributed by atoms with E-state index in [1.54, 1.807) is 36.0 Å². The minimum atomic E-state index is -0.265. The molecule has 1 aliphatic rings. The number of hydrogen-bond donors (Lipinski definition) is 1. The fourth-order valence-corrected chi connectivity index (χ4v) is 4.73. The fraction of sp³-hybridized carbons (Fsp3) is 0.130. The molecule has 0 radical (unpaired) electrons. The van der Waals surface area contributed by atoms with Crippen LogP contribution in [0, 0.1) is 6.92 Å². The third-order valence-corrected chi connectivity index (χ3v) is 6.24. The van der Waals surface area contributed by atoms with Gasteiger partial charge in [0.15, 0.2) is 0 Å². The Labute approximate surface area is 178 Å². The van der Waals surface area contributed by atoms with Crippen LogP contribution in [0.3, 0.4) is 0 Å². The number of rotatable bonds is 4. The normalized spacial score (nSPS) is 16.1. The highest BCUT2D eigenvalue weighted by molar-refractivity contribution is 8.00. The molecular weight excluding hydrogens is 404 g/mol. The predicted molar refractivity (Wildman–Crippen MR) is 120 cm³/mol. The second kappa shape index (κ2) is 8.31. The van der Waals surface area contributed by atoms with Gasteiger partial charge in [-0.1, -0.05) is 48.0 Å². The lowest BCUT2D eigenvalue weighted by atomic mass is 10.1. The second-order valence-electron chi connectivity index (χ2n) is 6.83. The Balaban J connectivity index is 1.60. The van der Waals surface area contributed by atoms with E-state index in [-0.39, 0.29) is 17.2 Å². The van der Waals surface area contributed by atoms with Crippen molar-refractivity contribution in [3.63, 3.8) is 0 Å². The van der Waals surface area contributed by atoms with Crippen molar-refractivity contribution in [1.29, 1.82) is 0 Å². The van der Waals surface area contributed by atoms with Crippen molar-refractivity contribution in [2.24, 2.45) is 0 Å². The summed E-state index contributed by atoms with van der Waals surface area (Å²) in [4.78, 5) is 27.0. The van der Waals surface area contributed by atoms with E-state index < -0.39 is 0 Å². The highest BCUT2D eigenvalue weighted by atomic mass is 35.5. The standard InChI is InChI=1S/C23H19ClN2O2S/c1-15-6-4-9-18(12-15)26-21(27)14-29-23(26)16-7-5-8-17(13-16)25-22(28)19-10-2-3-11-20(19)24/h2-13,23H,14H2,1H3,(H,25,28). The molecule has 1 saturated heterocycles. The summed E-state index contributed by atoms with van der Waals surface area (Å²) in [6.45, 7) is 2.01. The zero-order valence-corrected chi connectivity index (χ0v) is 17.3. The van der Waals surface area contributed by atoms with E-state index in [4.69, 9.17) is 11.6 Å². The molecule has 1 fully saturated rings. The van der Waals surface area contributed by atoms with Crippen molar-refractivity contribution in [3.8, 4) is 0 Å². The molecule has 29 heavy (non-hydrogen) atoms. The average Bonchev–Trinajstić information content (AvgIpc) is 3.10. The SMILES string of the molecule is Cc1cccc(N2C(=O)CSC2c2cccc(NC(=O)c3ccccc3Cl)c2)c1. The summed E-state index contributed by atoms with van der Waals surface area (Å²) in [7, 11) is 0. The molecule has 0 aromatic heterocycles. The van der Waals surface area contributed by atoms with Gasteiger partial charge in [0.25, 0.3) is 5.91 Å². The maximum atomic E-state index is 12.6. The van der Waals surface area contributed by atoms with Crippen LogP contribution in [-0.2, 0) is 4.79 Å². The minimum absolute atomic E-state index is 0.0797. The lowest BCUT2D eigenvalue weighted by Gasteiger charge is -2.25. The Morgan fingerprint density at radius 2 is 1.86 bits per heavy atom. The summed E-state index contributed by atoms with van der Waals surface area (Å²) in [5.41, 5.74) is 4.03. The van der Waals surface area contributed by atoms with E-state index in [1.807, 2.05) is 60.4 Å². The van der Waals surface area contributed by atoms with Gasteiger partial charge < -0.3 is 5.32 Å². The average molecular weight is 423 g/mol. The number of nitrogens with one attached hydrogen (secondary N) is 1. The summed E-state index contributed by atoms with van der Waals surface area (Å²) >= 11 is 7.71. The van der Waals surface area contributed by atoms with Crippen LogP contribution in [-0.4, -0.2) is 17.6 Å². The van der Waals surface area contributed by atoms with Gasteiger partial charge in [0.1, 0.15) is 5.37 Å². The van der Waals surface area contributed by atoms with Gasteiger partial charge >= 0.3 is 0 Å². The number of nitrogens with zero attached hydrogens (tertiary/aromatic N) is 1. The van der Waals surface area contributed by atoms with Gasteiger partial charge in [-0.05, 0) is 54.4 Å². The second-order valence-corrected chi connectivity index (χ2v) is 8.30. The van der Waals surface area contributed by atoms with Crippen LogP contribution < -0.4 is 10.2 Å². The number of carbonyl (C=O) groups excluding carboxylic acids is 2. The monoisotopic (exact) mass is 422 g/mol. The summed E-state index contributed by atoms with van der Waals surface area (Å²) < 4.78 is 0. The third kappa shape index (κ3) is 4.16. The van der Waals surface area contributed by atoms with Gasteiger partial charge in [0.2, 0.25) is 5.91 Å². The molecule has 0 aliphatic carbocycles.